The van der Waals surface area contributed by atoms with Crippen LogP contribution in [0.5, 0.6) is 0 Å². The molecule has 1 saturated heterocycles. The van der Waals surface area contributed by atoms with E-state index in [4.69, 9.17) is 0 Å². The number of likely N-dealkylation sites (tertiary alicyclic amines) is 1. The fourth-order valence-corrected chi connectivity index (χ4v) is 4.16. The highest BCUT2D eigenvalue weighted by Crippen LogP contribution is 2.43. The first-order valence-electron chi connectivity index (χ1n) is 9.33. The van der Waals surface area contributed by atoms with Crippen LogP contribution in [0.3, 0.4) is 0 Å². The van der Waals surface area contributed by atoms with Crippen molar-refractivity contribution in [3.8, 4) is 17.2 Å². The molecule has 138 valence electrons. The molecule has 1 N–H and O–H groups in total. The Labute approximate surface area is 157 Å². The maximum atomic E-state index is 14.0. The van der Waals surface area contributed by atoms with Crippen LogP contribution < -0.4 is 0 Å². The normalized spacial score (nSPS) is 24.6. The van der Waals surface area contributed by atoms with E-state index in [1.165, 1.54) is 6.07 Å². The average Bonchev–Trinajstić information content (AvgIpc) is 2.61. The van der Waals surface area contributed by atoms with E-state index < -0.39 is 6.04 Å². The molecule has 4 nitrogen and oxygen atoms in total. The van der Waals surface area contributed by atoms with E-state index in [9.17, 15) is 19.6 Å². The number of halogens is 1. The van der Waals surface area contributed by atoms with Crippen LogP contribution in [0.4, 0.5) is 4.39 Å². The predicted molar refractivity (Wildman–Crippen MR) is 99.0 cm³/mol. The highest BCUT2D eigenvalue weighted by atomic mass is 19.1. The number of aliphatic hydroxyl groups is 1. The Morgan fingerprint density at radius 2 is 1.89 bits per heavy atom. The summed E-state index contributed by atoms with van der Waals surface area (Å²) in [6.45, 7) is -0.170. The zero-order valence-corrected chi connectivity index (χ0v) is 14.9. The van der Waals surface area contributed by atoms with Crippen molar-refractivity contribution in [1.82, 2.24) is 4.90 Å². The fourth-order valence-electron chi connectivity index (χ4n) is 4.16. The second-order valence-electron chi connectivity index (χ2n) is 7.32. The number of benzene rings is 2. The first kappa shape index (κ1) is 17.7. The summed E-state index contributed by atoms with van der Waals surface area (Å²) >= 11 is 0. The van der Waals surface area contributed by atoms with Crippen LogP contribution in [0.25, 0.3) is 11.1 Å². The number of aliphatic hydroxyl groups excluding tert-OH is 1. The van der Waals surface area contributed by atoms with E-state index in [2.05, 4.69) is 6.07 Å². The van der Waals surface area contributed by atoms with Gasteiger partial charge in [-0.3, -0.25) is 4.79 Å². The van der Waals surface area contributed by atoms with Gasteiger partial charge in [0.25, 0.3) is 0 Å². The number of carbonyl (C=O) groups is 1. The number of nitriles is 1. The van der Waals surface area contributed by atoms with E-state index in [0.717, 1.165) is 30.4 Å². The summed E-state index contributed by atoms with van der Waals surface area (Å²) in [7, 11) is 0. The molecular weight excluding hydrogens is 343 g/mol. The summed E-state index contributed by atoms with van der Waals surface area (Å²) < 4.78 is 14.0. The van der Waals surface area contributed by atoms with Crippen molar-refractivity contribution < 1.29 is 14.3 Å². The van der Waals surface area contributed by atoms with E-state index >= 15 is 0 Å². The molecule has 0 radical (unpaired) electrons. The van der Waals surface area contributed by atoms with Gasteiger partial charge in [-0.25, -0.2) is 4.39 Å². The third-order valence-corrected chi connectivity index (χ3v) is 5.92. The van der Waals surface area contributed by atoms with Crippen molar-refractivity contribution in [3.63, 3.8) is 0 Å². The highest BCUT2D eigenvalue weighted by molar-refractivity contribution is 5.82. The maximum absolute atomic E-state index is 14.0. The summed E-state index contributed by atoms with van der Waals surface area (Å²) in [6.07, 6.45) is 2.79. The van der Waals surface area contributed by atoms with E-state index in [-0.39, 0.29) is 36.2 Å². The maximum Gasteiger partial charge on any atom is 0.227 e. The summed E-state index contributed by atoms with van der Waals surface area (Å²) in [5.74, 6) is -0.515. The SMILES string of the molecule is N#C[C@@H]1[C@H](c2ccc(-c3ccccc3F)cc2)[C@H](CO)N1C(=O)C1CCC1. The molecule has 3 atom stereocenters. The van der Waals surface area contributed by atoms with E-state index in [1.54, 1.807) is 23.1 Å². The molecule has 1 amide bonds. The Bertz CT molecular complexity index is 886. The monoisotopic (exact) mass is 364 g/mol. The first-order valence-corrected chi connectivity index (χ1v) is 9.33. The second kappa shape index (κ2) is 7.13. The predicted octanol–water partition coefficient (Wildman–Crippen LogP) is 3.47. The van der Waals surface area contributed by atoms with Crippen molar-refractivity contribution in [2.75, 3.05) is 6.61 Å². The summed E-state index contributed by atoms with van der Waals surface area (Å²) in [4.78, 5) is 14.2. The third-order valence-electron chi connectivity index (χ3n) is 5.92. The van der Waals surface area contributed by atoms with Crippen molar-refractivity contribution in [1.29, 1.82) is 5.26 Å². The third kappa shape index (κ3) is 2.90. The molecule has 0 bridgehead atoms. The van der Waals surface area contributed by atoms with Crippen LogP contribution in [0.15, 0.2) is 48.5 Å². The molecule has 1 heterocycles. The number of hydrogen-bond donors (Lipinski definition) is 1. The molecule has 0 spiro atoms. The Morgan fingerprint density at radius 3 is 2.44 bits per heavy atom. The number of amides is 1. The fraction of sp³-hybridized carbons (Fsp3) is 0.364. The average molecular weight is 364 g/mol. The molecule has 0 aromatic heterocycles. The van der Waals surface area contributed by atoms with Gasteiger partial charge in [-0.05, 0) is 30.0 Å². The molecule has 4 rings (SSSR count). The van der Waals surface area contributed by atoms with Crippen LogP contribution in [0, 0.1) is 23.1 Å². The molecule has 2 aromatic carbocycles. The molecule has 27 heavy (non-hydrogen) atoms. The lowest BCUT2D eigenvalue weighted by Crippen LogP contribution is -2.66. The molecule has 2 aromatic rings. The molecule has 2 aliphatic rings. The van der Waals surface area contributed by atoms with Gasteiger partial charge in [0.15, 0.2) is 0 Å². The number of hydrogen-bond acceptors (Lipinski definition) is 3. The van der Waals surface area contributed by atoms with Crippen LogP contribution in [-0.4, -0.2) is 34.6 Å². The van der Waals surface area contributed by atoms with Gasteiger partial charge in [-0.2, -0.15) is 5.26 Å². The molecular formula is C22H21FN2O2. The Hall–Kier alpha value is -2.71. The summed E-state index contributed by atoms with van der Waals surface area (Å²) in [5, 5.41) is 19.5. The molecule has 1 saturated carbocycles. The molecule has 0 unspecified atom stereocenters. The Morgan fingerprint density at radius 1 is 1.19 bits per heavy atom. The highest BCUT2D eigenvalue weighted by Gasteiger charge is 2.53. The Balaban J connectivity index is 1.58. The molecule has 1 aliphatic heterocycles. The van der Waals surface area contributed by atoms with Crippen molar-refractivity contribution in [3.05, 3.63) is 59.9 Å². The van der Waals surface area contributed by atoms with Gasteiger partial charge in [0.2, 0.25) is 5.91 Å². The molecule has 1 aliphatic carbocycles. The number of nitrogens with zero attached hydrogens (tertiary/aromatic N) is 2. The van der Waals surface area contributed by atoms with Gasteiger partial charge in [-0.15, -0.1) is 0 Å². The van der Waals surface area contributed by atoms with Gasteiger partial charge < -0.3 is 10.0 Å². The van der Waals surface area contributed by atoms with Gasteiger partial charge in [0, 0.05) is 17.4 Å². The van der Waals surface area contributed by atoms with Crippen molar-refractivity contribution >= 4 is 5.91 Å². The lowest BCUT2D eigenvalue weighted by atomic mass is 9.73. The van der Waals surface area contributed by atoms with Gasteiger partial charge in [-0.1, -0.05) is 48.9 Å². The van der Waals surface area contributed by atoms with Crippen LogP contribution >= 0.6 is 0 Å². The van der Waals surface area contributed by atoms with Gasteiger partial charge >= 0.3 is 0 Å². The topological polar surface area (TPSA) is 64.3 Å². The lowest BCUT2D eigenvalue weighted by molar-refractivity contribution is -0.154. The largest absolute Gasteiger partial charge is 0.394 e. The minimum absolute atomic E-state index is 0.000665. The van der Waals surface area contributed by atoms with Gasteiger partial charge in [0.05, 0.1) is 18.7 Å². The number of rotatable bonds is 4. The number of carbonyl (C=O) groups excluding carboxylic acids is 1. The standard InChI is InChI=1S/C22H21FN2O2/c23-18-7-2-1-6-17(18)14-8-10-15(11-9-14)21-19(12-24)25(20(21)13-26)22(27)16-4-3-5-16/h1-2,6-11,16,19-21,26H,3-5,13H2/t19-,20+,21+/m1/s1. The first-order chi connectivity index (χ1) is 13.2. The molecule has 2 fully saturated rings. The van der Waals surface area contributed by atoms with Crippen molar-refractivity contribution in [2.45, 2.75) is 37.3 Å². The van der Waals surface area contributed by atoms with Crippen LogP contribution in [0.1, 0.15) is 30.7 Å². The van der Waals surface area contributed by atoms with Gasteiger partial charge in [0.1, 0.15) is 11.9 Å². The quantitative estimate of drug-likeness (QED) is 0.903. The smallest absolute Gasteiger partial charge is 0.227 e. The van der Waals surface area contributed by atoms with Crippen LogP contribution in [-0.2, 0) is 4.79 Å². The van der Waals surface area contributed by atoms with Crippen molar-refractivity contribution in [2.24, 2.45) is 5.92 Å². The van der Waals surface area contributed by atoms with E-state index in [0.29, 0.717) is 5.56 Å². The second-order valence-corrected chi connectivity index (χ2v) is 7.32. The van der Waals surface area contributed by atoms with E-state index in [1.807, 2.05) is 24.3 Å². The minimum atomic E-state index is -0.561. The Kier molecular flexibility index (Phi) is 4.67. The summed E-state index contributed by atoms with van der Waals surface area (Å²) in [5.41, 5.74) is 2.17. The summed E-state index contributed by atoms with van der Waals surface area (Å²) in [6, 6.07) is 15.3. The van der Waals surface area contributed by atoms with Crippen LogP contribution in [0.2, 0.25) is 0 Å². The minimum Gasteiger partial charge on any atom is -0.394 e. The lowest BCUT2D eigenvalue weighted by Gasteiger charge is -2.53. The zero-order chi connectivity index (χ0) is 19.0. The molecule has 5 heteroatoms. The zero-order valence-electron chi connectivity index (χ0n) is 14.9.